The molecule has 0 aliphatic carbocycles. The van der Waals surface area contributed by atoms with E-state index in [1.54, 1.807) is 0 Å². The van der Waals surface area contributed by atoms with E-state index in [4.69, 9.17) is 69.6 Å². The van der Waals surface area contributed by atoms with Crippen LogP contribution in [-0.2, 0) is 0 Å². The molecule has 86 valence electrons. The minimum atomic E-state index is -1.18. The molecule has 8 heteroatoms. The summed E-state index contributed by atoms with van der Waals surface area (Å²) in [5, 5.41) is -0.573. The maximum absolute atomic E-state index is 5.97. The minimum Gasteiger partial charge on any atom is -0.125 e. The van der Waals surface area contributed by atoms with E-state index in [-0.39, 0.29) is 17.1 Å². The van der Waals surface area contributed by atoms with Crippen LogP contribution in [0.4, 0.5) is 0 Å². The Labute approximate surface area is 130 Å². The minimum absolute atomic E-state index is 0.147. The van der Waals surface area contributed by atoms with E-state index in [0.717, 1.165) is 0 Å². The highest BCUT2D eigenvalue weighted by atomic mass is 79.9. The second kappa shape index (κ2) is 6.58. The molecule has 0 spiro atoms. The number of rotatable bonds is 5. The van der Waals surface area contributed by atoms with Crippen LogP contribution in [0, 0.1) is 0 Å². The van der Waals surface area contributed by atoms with Gasteiger partial charge in [0.2, 0.25) is 0 Å². The Kier molecular flexibility index (Phi) is 7.85. The Hall–Kier alpha value is 2.70. The smallest absolute Gasteiger partial charge is 0.125 e. The summed E-state index contributed by atoms with van der Waals surface area (Å²) in [5.41, 5.74) is 0. The van der Waals surface area contributed by atoms with Crippen molar-refractivity contribution in [3.05, 3.63) is 0 Å². The normalized spacial score (nSPS) is 18.0. The van der Waals surface area contributed by atoms with Crippen LogP contribution >= 0.6 is 101 Å². The molecule has 0 fully saturated rings. The van der Waals surface area contributed by atoms with Crippen molar-refractivity contribution in [1.82, 2.24) is 0 Å². The number of halogens is 8. The highest BCUT2D eigenvalue weighted by Crippen LogP contribution is 2.45. The molecule has 0 amide bonds. The van der Waals surface area contributed by atoms with Crippen LogP contribution in [0.25, 0.3) is 0 Å². The molecule has 0 radical (unpaired) electrons. The summed E-state index contributed by atoms with van der Waals surface area (Å²) in [6.45, 7) is 0. The molecule has 0 nitrogen and oxygen atoms in total. The first-order chi connectivity index (χ1) is 6.11. The van der Waals surface area contributed by atoms with Gasteiger partial charge >= 0.3 is 0 Å². The molecule has 2 atom stereocenters. The predicted octanol–water partition coefficient (Wildman–Crippen LogP) is 5.69. The summed E-state index contributed by atoms with van der Waals surface area (Å²) in [6, 6.07) is 0. The Morgan fingerprint density at radius 3 is 1.86 bits per heavy atom. The lowest BCUT2D eigenvalue weighted by Crippen LogP contribution is -2.34. The van der Waals surface area contributed by atoms with Crippen molar-refractivity contribution in [2.45, 2.75) is 24.2 Å². The summed E-state index contributed by atoms with van der Waals surface area (Å²) in [4.78, 5) is -0.349. The number of alkyl halides is 8. The first-order valence-corrected chi connectivity index (χ1v) is 7.59. The van der Waals surface area contributed by atoms with E-state index in [2.05, 4.69) is 31.9 Å². The highest BCUT2D eigenvalue weighted by molar-refractivity contribution is 9.13. The molecular weight excluding hydrogens is 445 g/mol. The van der Waals surface area contributed by atoms with Crippen molar-refractivity contribution in [3.8, 4) is 0 Å². The fourth-order valence-electron chi connectivity index (χ4n) is 0.595. The summed E-state index contributed by atoms with van der Waals surface area (Å²) < 4.78 is -2.33. The quantitative estimate of drug-likeness (QED) is 0.472. The van der Waals surface area contributed by atoms with E-state index < -0.39 is 13.0 Å². The van der Waals surface area contributed by atoms with Gasteiger partial charge in [-0.15, -0.1) is 23.2 Å². The Balaban J connectivity index is 4.36. The van der Waals surface area contributed by atoms with E-state index in [9.17, 15) is 0 Å². The lowest BCUT2D eigenvalue weighted by Gasteiger charge is -2.29. The van der Waals surface area contributed by atoms with Crippen LogP contribution in [0.3, 0.4) is 0 Å². The third kappa shape index (κ3) is 5.86. The molecule has 0 rings (SSSR count). The fourth-order valence-corrected chi connectivity index (χ4v) is 2.77. The lowest BCUT2D eigenvalue weighted by atomic mass is 10.2. The molecule has 0 saturated carbocycles. The molecule has 0 bridgehead atoms. The predicted molar refractivity (Wildman–Crippen MR) is 75.5 cm³/mol. The van der Waals surface area contributed by atoms with Crippen LogP contribution in [-0.4, -0.2) is 23.7 Å². The van der Waals surface area contributed by atoms with Crippen molar-refractivity contribution in [2.24, 2.45) is 0 Å². The van der Waals surface area contributed by atoms with Gasteiger partial charge in [-0.25, -0.2) is 0 Å². The zero-order valence-electron chi connectivity index (χ0n) is 6.59. The van der Waals surface area contributed by atoms with Gasteiger partial charge in [0.15, 0.2) is 3.24 Å². The van der Waals surface area contributed by atoms with E-state index in [1.165, 1.54) is 0 Å². The molecule has 0 aliphatic heterocycles. The molecule has 0 aromatic rings. The molecule has 0 saturated heterocycles. The average molecular weight is 451 g/mol. The zero-order chi connectivity index (χ0) is 11.6. The van der Waals surface area contributed by atoms with Gasteiger partial charge in [0.05, 0.1) is 10.2 Å². The highest BCUT2D eigenvalue weighted by Gasteiger charge is 2.41. The van der Waals surface area contributed by atoms with Gasteiger partial charge in [-0.2, -0.15) is 0 Å². The fraction of sp³-hybridized carbons (Fsp3) is 1.00. The molecule has 0 aliphatic rings. The second-order valence-electron chi connectivity index (χ2n) is 2.60. The molecule has 0 aromatic carbocycles. The largest absolute Gasteiger partial charge is 0.184 e. The van der Waals surface area contributed by atoms with Gasteiger partial charge in [0.1, 0.15) is 4.33 Å². The molecule has 0 N–H and O–H groups in total. The van der Waals surface area contributed by atoms with E-state index in [1.807, 2.05) is 0 Å². The van der Waals surface area contributed by atoms with E-state index in [0.29, 0.717) is 0 Å². The molecule has 0 heterocycles. The monoisotopic (exact) mass is 446 g/mol. The zero-order valence-corrected chi connectivity index (χ0v) is 14.3. The Morgan fingerprint density at radius 1 is 1.14 bits per heavy atom. The average Bonchev–Trinajstić information content (AvgIpc) is 2.00. The summed E-state index contributed by atoms with van der Waals surface area (Å²) in [7, 11) is 0. The standard InChI is InChI=1S/C6H6Br2Cl6/c7-3(6(8,13)14)1-5(11,12)4(10)2-9/h3-4H,1-2H2. The summed E-state index contributed by atoms with van der Waals surface area (Å²) >= 11 is 41.2. The third-order valence-electron chi connectivity index (χ3n) is 1.40. The number of hydrogen-bond donors (Lipinski definition) is 0. The van der Waals surface area contributed by atoms with Crippen LogP contribution < -0.4 is 0 Å². The van der Waals surface area contributed by atoms with Crippen molar-refractivity contribution >= 4 is 101 Å². The molecule has 0 aromatic heterocycles. The Bertz CT molecular complexity index is 180. The van der Waals surface area contributed by atoms with Crippen molar-refractivity contribution in [3.63, 3.8) is 0 Å². The first kappa shape index (κ1) is 16.7. The van der Waals surface area contributed by atoms with Crippen LogP contribution in [0.2, 0.25) is 0 Å². The first-order valence-electron chi connectivity index (χ1n) is 3.40. The van der Waals surface area contributed by atoms with Crippen molar-refractivity contribution in [1.29, 1.82) is 0 Å². The van der Waals surface area contributed by atoms with E-state index >= 15 is 0 Å². The van der Waals surface area contributed by atoms with Gasteiger partial charge in [0.25, 0.3) is 0 Å². The van der Waals surface area contributed by atoms with Gasteiger partial charge in [-0.1, -0.05) is 62.3 Å². The summed E-state index contributed by atoms with van der Waals surface area (Å²) in [5.74, 6) is 0.147. The lowest BCUT2D eigenvalue weighted by molar-refractivity contribution is 0.667. The number of hydrogen-bond acceptors (Lipinski definition) is 0. The van der Waals surface area contributed by atoms with Gasteiger partial charge in [-0.05, 0) is 22.4 Å². The second-order valence-corrected chi connectivity index (χ2v) is 9.63. The maximum Gasteiger partial charge on any atom is 0.184 e. The van der Waals surface area contributed by atoms with Crippen molar-refractivity contribution in [2.75, 3.05) is 5.88 Å². The summed E-state index contributed by atoms with van der Waals surface area (Å²) in [6.07, 6.45) is 0.259. The van der Waals surface area contributed by atoms with Crippen LogP contribution in [0.5, 0.6) is 0 Å². The third-order valence-corrected chi connectivity index (χ3v) is 6.68. The van der Waals surface area contributed by atoms with Gasteiger partial charge < -0.3 is 0 Å². The van der Waals surface area contributed by atoms with Crippen LogP contribution in [0.1, 0.15) is 6.42 Å². The molecular formula is C6H6Br2Cl6. The molecule has 14 heavy (non-hydrogen) atoms. The topological polar surface area (TPSA) is 0 Å². The SMILES string of the molecule is ClCC(Cl)C(Cl)(Cl)CC(Br)C(Cl)(Cl)Br. The molecule has 2 unspecified atom stereocenters. The van der Waals surface area contributed by atoms with Crippen molar-refractivity contribution < 1.29 is 0 Å². The van der Waals surface area contributed by atoms with Crippen LogP contribution in [0.15, 0.2) is 0 Å². The van der Waals surface area contributed by atoms with Gasteiger partial charge in [0, 0.05) is 5.88 Å². The maximum atomic E-state index is 5.97. The van der Waals surface area contributed by atoms with Gasteiger partial charge in [-0.3, -0.25) is 0 Å². The Morgan fingerprint density at radius 2 is 1.57 bits per heavy atom.